The molecule has 1 aromatic carbocycles. The lowest BCUT2D eigenvalue weighted by molar-refractivity contribution is 0.950. The van der Waals surface area contributed by atoms with Crippen LogP contribution in [0, 0.1) is 0 Å². The van der Waals surface area contributed by atoms with Gasteiger partial charge in [-0.1, -0.05) is 75.5 Å². The first-order valence-corrected chi connectivity index (χ1v) is 5.65. The van der Waals surface area contributed by atoms with E-state index >= 15 is 0 Å². The first kappa shape index (κ1) is 9.77. The number of benzene rings is 1. The van der Waals surface area contributed by atoms with Crippen molar-refractivity contribution in [2.45, 2.75) is 14.8 Å². The maximum Gasteiger partial charge on any atom is 0.0746 e. The highest BCUT2D eigenvalue weighted by atomic mass is 127. The van der Waals surface area contributed by atoms with E-state index in [-0.39, 0.29) is 0 Å². The van der Waals surface area contributed by atoms with Crippen LogP contribution >= 0.6 is 45.2 Å². The molecule has 0 fully saturated rings. The molecule has 2 heteroatoms. The van der Waals surface area contributed by atoms with E-state index in [0.717, 1.165) is 6.42 Å². The highest BCUT2D eigenvalue weighted by Gasteiger charge is 2.14. The number of hydrogen-bond donors (Lipinski definition) is 0. The van der Waals surface area contributed by atoms with Gasteiger partial charge in [0.15, 0.2) is 0 Å². The van der Waals surface area contributed by atoms with Gasteiger partial charge in [0.25, 0.3) is 0 Å². The molecule has 0 heterocycles. The molecule has 0 spiro atoms. The van der Waals surface area contributed by atoms with Crippen molar-refractivity contribution < 1.29 is 0 Å². The largest absolute Gasteiger partial charge is 0.0746 e. The molecule has 0 radical (unpaired) electrons. The topological polar surface area (TPSA) is 0 Å². The van der Waals surface area contributed by atoms with E-state index in [2.05, 4.69) is 82.4 Å². The molecule has 1 rings (SSSR count). The summed E-state index contributed by atoms with van der Waals surface area (Å²) < 4.78 is 0.344. The first-order valence-electron chi connectivity index (χ1n) is 3.50. The van der Waals surface area contributed by atoms with Crippen molar-refractivity contribution in [2.75, 3.05) is 0 Å². The molecule has 0 amide bonds. The maximum absolute atomic E-state index is 2.47. The first-order chi connectivity index (χ1) is 5.08. The zero-order chi connectivity index (χ0) is 8.32. The minimum absolute atomic E-state index is 0.344. The van der Waals surface area contributed by atoms with Gasteiger partial charge in [0.1, 0.15) is 0 Å². The quantitative estimate of drug-likeness (QED) is 0.547. The molecule has 0 nitrogen and oxygen atoms in total. The molecule has 1 aromatic rings. The molecule has 0 saturated carbocycles. The molecule has 0 aliphatic rings. The van der Waals surface area contributed by atoms with Gasteiger partial charge in [0.2, 0.25) is 0 Å². The number of hydrogen-bond acceptors (Lipinski definition) is 0. The van der Waals surface area contributed by atoms with Crippen LogP contribution in [0.2, 0.25) is 0 Å². The Balaban J connectivity index is 2.66. The lowest BCUT2D eigenvalue weighted by atomic mass is 10.1. The van der Waals surface area contributed by atoms with Crippen LogP contribution in [-0.4, -0.2) is 1.43 Å². The van der Waals surface area contributed by atoms with E-state index in [4.69, 9.17) is 0 Å². The molecule has 0 saturated heterocycles. The number of halogens is 2. The van der Waals surface area contributed by atoms with Gasteiger partial charge in [-0.3, -0.25) is 0 Å². The van der Waals surface area contributed by atoms with Gasteiger partial charge in [-0.05, 0) is 18.9 Å². The molecule has 11 heavy (non-hydrogen) atoms. The summed E-state index contributed by atoms with van der Waals surface area (Å²) in [5.41, 5.74) is 1.42. The standard InChI is InChI=1S/C9H10I2/c1-9(10,11)7-8-5-3-2-4-6-8/h2-6H,7H2,1H3. The van der Waals surface area contributed by atoms with E-state index in [1.165, 1.54) is 5.56 Å². The fraction of sp³-hybridized carbons (Fsp3) is 0.333. The molecule has 60 valence electrons. The molecule has 0 aliphatic heterocycles. The highest BCUT2D eigenvalue weighted by molar-refractivity contribution is 14.2. The van der Waals surface area contributed by atoms with Gasteiger partial charge in [-0.15, -0.1) is 0 Å². The summed E-state index contributed by atoms with van der Waals surface area (Å²) in [6.07, 6.45) is 1.13. The second kappa shape index (κ2) is 4.07. The summed E-state index contributed by atoms with van der Waals surface area (Å²) in [7, 11) is 0. The molecular formula is C9H10I2. The summed E-state index contributed by atoms with van der Waals surface area (Å²) in [5, 5.41) is 0. The minimum atomic E-state index is 0.344. The fourth-order valence-corrected chi connectivity index (χ4v) is 1.84. The normalized spacial score (nSPS) is 11.5. The molecule has 0 aliphatic carbocycles. The zero-order valence-corrected chi connectivity index (χ0v) is 10.7. The average Bonchev–Trinajstić information content (AvgIpc) is 1.85. The van der Waals surface area contributed by atoms with Crippen molar-refractivity contribution >= 4 is 45.2 Å². The Morgan fingerprint density at radius 1 is 1.18 bits per heavy atom. The Morgan fingerprint density at radius 3 is 2.18 bits per heavy atom. The minimum Gasteiger partial charge on any atom is -0.0672 e. The van der Waals surface area contributed by atoms with Crippen LogP contribution in [-0.2, 0) is 6.42 Å². The Morgan fingerprint density at radius 2 is 1.73 bits per heavy atom. The van der Waals surface area contributed by atoms with Crippen molar-refractivity contribution in [1.82, 2.24) is 0 Å². The number of alkyl halides is 2. The van der Waals surface area contributed by atoms with Crippen LogP contribution in [0.5, 0.6) is 0 Å². The van der Waals surface area contributed by atoms with Crippen LogP contribution in [0.25, 0.3) is 0 Å². The van der Waals surface area contributed by atoms with Crippen molar-refractivity contribution in [3.63, 3.8) is 0 Å². The second-order valence-corrected chi connectivity index (χ2v) is 9.56. The van der Waals surface area contributed by atoms with Crippen molar-refractivity contribution in [3.8, 4) is 0 Å². The number of rotatable bonds is 2. The van der Waals surface area contributed by atoms with Crippen LogP contribution in [0.3, 0.4) is 0 Å². The Kier molecular flexibility index (Phi) is 3.61. The van der Waals surface area contributed by atoms with Gasteiger partial charge < -0.3 is 0 Å². The third kappa shape index (κ3) is 4.30. The Labute approximate surface area is 95.0 Å². The van der Waals surface area contributed by atoms with Gasteiger partial charge in [-0.25, -0.2) is 0 Å². The molecule has 0 unspecified atom stereocenters. The molecule has 0 atom stereocenters. The van der Waals surface area contributed by atoms with Crippen LogP contribution in [0.1, 0.15) is 12.5 Å². The summed E-state index contributed by atoms with van der Waals surface area (Å²) in [5.74, 6) is 0. The second-order valence-electron chi connectivity index (χ2n) is 2.73. The van der Waals surface area contributed by atoms with Gasteiger partial charge in [0, 0.05) is 0 Å². The smallest absolute Gasteiger partial charge is 0.0672 e. The zero-order valence-electron chi connectivity index (χ0n) is 6.35. The predicted octanol–water partition coefficient (Wildman–Crippen LogP) is 3.82. The van der Waals surface area contributed by atoms with Crippen LogP contribution in [0.15, 0.2) is 30.3 Å². The summed E-state index contributed by atoms with van der Waals surface area (Å²) in [4.78, 5) is 0. The monoisotopic (exact) mass is 372 g/mol. The molecule has 0 N–H and O–H groups in total. The van der Waals surface area contributed by atoms with E-state index in [0.29, 0.717) is 1.43 Å². The van der Waals surface area contributed by atoms with Crippen LogP contribution in [0.4, 0.5) is 0 Å². The van der Waals surface area contributed by atoms with Gasteiger partial charge in [0.05, 0.1) is 1.43 Å². The lowest BCUT2D eigenvalue weighted by Gasteiger charge is -2.13. The van der Waals surface area contributed by atoms with Crippen molar-refractivity contribution in [1.29, 1.82) is 0 Å². The Bertz CT molecular complexity index is 211. The van der Waals surface area contributed by atoms with Crippen molar-refractivity contribution in [3.05, 3.63) is 35.9 Å². The fourth-order valence-electron chi connectivity index (χ4n) is 0.954. The van der Waals surface area contributed by atoms with Gasteiger partial charge >= 0.3 is 0 Å². The van der Waals surface area contributed by atoms with Crippen molar-refractivity contribution in [2.24, 2.45) is 0 Å². The predicted molar refractivity (Wildman–Crippen MR) is 66.6 cm³/mol. The molecule has 0 aromatic heterocycles. The molecule has 0 bridgehead atoms. The third-order valence-corrected chi connectivity index (χ3v) is 2.12. The summed E-state index contributed by atoms with van der Waals surface area (Å²) in [6.45, 7) is 2.24. The highest BCUT2D eigenvalue weighted by Crippen LogP contribution is 2.30. The third-order valence-electron chi connectivity index (χ3n) is 1.36. The van der Waals surface area contributed by atoms with E-state index in [1.54, 1.807) is 0 Å². The maximum atomic E-state index is 2.47. The van der Waals surface area contributed by atoms with E-state index in [1.807, 2.05) is 0 Å². The molecular weight excluding hydrogens is 362 g/mol. The van der Waals surface area contributed by atoms with Crippen LogP contribution < -0.4 is 0 Å². The van der Waals surface area contributed by atoms with Gasteiger partial charge in [-0.2, -0.15) is 0 Å². The Hall–Kier alpha value is 0.680. The SMILES string of the molecule is CC(I)(I)Cc1ccccc1. The summed E-state index contributed by atoms with van der Waals surface area (Å²) >= 11 is 4.93. The van der Waals surface area contributed by atoms with E-state index in [9.17, 15) is 0 Å². The van der Waals surface area contributed by atoms with E-state index < -0.39 is 0 Å². The summed E-state index contributed by atoms with van der Waals surface area (Å²) in [6, 6.07) is 10.6. The average molecular weight is 372 g/mol. The lowest BCUT2D eigenvalue weighted by Crippen LogP contribution is -2.07.